The predicted octanol–water partition coefficient (Wildman–Crippen LogP) is 6.65. The number of hydrogen-bond donors (Lipinski definition) is 2. The van der Waals surface area contributed by atoms with Crippen LogP contribution in [0.15, 0.2) is 30.3 Å². The first-order chi connectivity index (χ1) is 17.8. The molecule has 2 unspecified atom stereocenters. The fraction of sp³-hybridized carbons (Fsp3) is 0.536. The molecule has 0 radical (unpaired) electrons. The van der Waals surface area contributed by atoms with E-state index in [-0.39, 0.29) is 18.0 Å². The number of urea groups is 1. The first-order valence-electron chi connectivity index (χ1n) is 12.9. The number of carbonyl (C=O) groups excluding carboxylic acids is 1. The van der Waals surface area contributed by atoms with Crippen LogP contribution in [0.1, 0.15) is 44.6 Å². The Morgan fingerprint density at radius 2 is 1.65 bits per heavy atom. The predicted molar refractivity (Wildman–Crippen MR) is 151 cm³/mol. The molecule has 2 atom stereocenters. The van der Waals surface area contributed by atoms with Gasteiger partial charge in [0.05, 0.1) is 37.1 Å². The third kappa shape index (κ3) is 8.59. The Hall–Kier alpha value is -2.35. The number of aryl methyl sites for hydroxylation is 1. The zero-order valence-corrected chi connectivity index (χ0v) is 23.8. The van der Waals surface area contributed by atoms with E-state index < -0.39 is 0 Å². The van der Waals surface area contributed by atoms with Crippen LogP contribution >= 0.6 is 23.2 Å². The second-order valence-electron chi connectivity index (χ2n) is 9.60. The van der Waals surface area contributed by atoms with Crippen molar-refractivity contribution in [3.8, 4) is 17.2 Å². The molecule has 0 bridgehead atoms. The number of hydrogen-bond acceptors (Lipinski definition) is 5. The molecule has 2 aromatic rings. The molecule has 9 heteroatoms. The monoisotopic (exact) mass is 551 g/mol. The van der Waals surface area contributed by atoms with Gasteiger partial charge in [-0.25, -0.2) is 4.79 Å². The summed E-state index contributed by atoms with van der Waals surface area (Å²) >= 11 is 12.2. The summed E-state index contributed by atoms with van der Waals surface area (Å²) in [6, 6.07) is 9.00. The Kier molecular flexibility index (Phi) is 11.5. The Morgan fingerprint density at radius 3 is 2.24 bits per heavy atom. The molecule has 1 saturated heterocycles. The lowest BCUT2D eigenvalue weighted by Gasteiger charge is -2.33. The van der Waals surface area contributed by atoms with Crippen LogP contribution in [-0.2, 0) is 6.42 Å². The number of benzene rings is 2. The van der Waals surface area contributed by atoms with Crippen LogP contribution in [0.5, 0.6) is 17.2 Å². The number of methoxy groups -OCH3 is 3. The molecule has 0 aliphatic carbocycles. The van der Waals surface area contributed by atoms with Crippen molar-refractivity contribution in [2.75, 3.05) is 46.3 Å². The molecule has 0 saturated carbocycles. The minimum absolute atomic E-state index is 0.00828. The second kappa shape index (κ2) is 14.6. The molecule has 7 nitrogen and oxygen atoms in total. The van der Waals surface area contributed by atoms with E-state index in [1.54, 1.807) is 33.5 Å². The lowest BCUT2D eigenvalue weighted by molar-refractivity contribution is 0.180. The fourth-order valence-corrected chi connectivity index (χ4v) is 5.12. The van der Waals surface area contributed by atoms with E-state index >= 15 is 0 Å². The molecule has 1 fully saturated rings. The molecule has 3 rings (SSSR count). The third-order valence-electron chi connectivity index (χ3n) is 6.94. The van der Waals surface area contributed by atoms with Crippen LogP contribution in [0.25, 0.3) is 0 Å². The maximum atomic E-state index is 13.1. The SMILES string of the molecule is COc1cc(NC(=O)NC(CN2CCCCC2)C(C)CCCc2ccc(Cl)c(Cl)c2)cc(OC)c1OC. The first kappa shape index (κ1) is 29.2. The highest BCUT2D eigenvalue weighted by Crippen LogP contribution is 2.40. The highest BCUT2D eigenvalue weighted by atomic mass is 35.5. The summed E-state index contributed by atoms with van der Waals surface area (Å²) in [5, 5.41) is 7.34. The number of carbonyl (C=O) groups is 1. The number of likely N-dealkylation sites (tertiary alicyclic amines) is 1. The molecule has 1 aliphatic heterocycles. The van der Waals surface area contributed by atoms with E-state index in [1.807, 2.05) is 18.2 Å². The number of rotatable bonds is 12. The van der Waals surface area contributed by atoms with Crippen LogP contribution in [0.3, 0.4) is 0 Å². The maximum Gasteiger partial charge on any atom is 0.319 e. The number of anilines is 1. The van der Waals surface area contributed by atoms with Crippen molar-refractivity contribution >= 4 is 34.9 Å². The molecule has 2 aromatic carbocycles. The number of nitrogens with zero attached hydrogens (tertiary/aromatic N) is 1. The summed E-state index contributed by atoms with van der Waals surface area (Å²) in [4.78, 5) is 15.6. The van der Waals surface area contributed by atoms with E-state index in [2.05, 4.69) is 22.5 Å². The van der Waals surface area contributed by atoms with Gasteiger partial charge in [-0.2, -0.15) is 0 Å². The van der Waals surface area contributed by atoms with Gasteiger partial charge in [0, 0.05) is 24.7 Å². The number of nitrogens with one attached hydrogen (secondary N) is 2. The van der Waals surface area contributed by atoms with Gasteiger partial charge in [0.1, 0.15) is 0 Å². The van der Waals surface area contributed by atoms with Gasteiger partial charge in [-0.15, -0.1) is 0 Å². The number of amides is 2. The number of ether oxygens (including phenoxy) is 3. The summed E-state index contributed by atoms with van der Waals surface area (Å²) in [7, 11) is 4.65. The van der Waals surface area contributed by atoms with Crippen LogP contribution in [0, 0.1) is 5.92 Å². The first-order valence-corrected chi connectivity index (χ1v) is 13.6. The summed E-state index contributed by atoms with van der Waals surface area (Å²) in [6.45, 7) is 5.19. The van der Waals surface area contributed by atoms with Crippen molar-refractivity contribution in [3.05, 3.63) is 45.9 Å². The number of halogens is 2. The zero-order valence-electron chi connectivity index (χ0n) is 22.2. The summed E-state index contributed by atoms with van der Waals surface area (Å²) < 4.78 is 16.2. The van der Waals surface area contributed by atoms with Crippen LogP contribution in [0.2, 0.25) is 10.0 Å². The largest absolute Gasteiger partial charge is 0.493 e. The van der Waals surface area contributed by atoms with Gasteiger partial charge in [0.25, 0.3) is 0 Å². The zero-order chi connectivity index (χ0) is 26.8. The smallest absolute Gasteiger partial charge is 0.319 e. The minimum atomic E-state index is -0.257. The van der Waals surface area contributed by atoms with Crippen molar-refractivity contribution in [2.24, 2.45) is 5.92 Å². The molecule has 2 N–H and O–H groups in total. The molecular weight excluding hydrogens is 513 g/mol. The van der Waals surface area contributed by atoms with Gasteiger partial charge >= 0.3 is 6.03 Å². The van der Waals surface area contributed by atoms with Crippen molar-refractivity contribution in [3.63, 3.8) is 0 Å². The van der Waals surface area contributed by atoms with E-state index in [4.69, 9.17) is 37.4 Å². The van der Waals surface area contributed by atoms with Crippen molar-refractivity contribution in [1.82, 2.24) is 10.2 Å². The molecule has 0 aromatic heterocycles. The molecule has 204 valence electrons. The fourth-order valence-electron chi connectivity index (χ4n) is 4.80. The second-order valence-corrected chi connectivity index (χ2v) is 10.4. The summed E-state index contributed by atoms with van der Waals surface area (Å²) in [5.74, 6) is 1.74. The van der Waals surface area contributed by atoms with E-state index in [0.29, 0.717) is 33.0 Å². The molecular formula is C28H39Cl2N3O4. The standard InChI is InChI=1S/C28H39Cl2N3O4/c1-19(9-8-10-20-11-12-22(29)23(30)15-20)24(18-33-13-6-5-7-14-33)32-28(34)31-21-16-25(35-2)27(37-4)26(17-21)36-3/h11-12,15-17,19,24H,5-10,13-14,18H2,1-4H3,(H2,31,32,34). The normalized spacial score (nSPS) is 15.5. The van der Waals surface area contributed by atoms with Gasteiger partial charge in [-0.05, 0) is 68.8 Å². The van der Waals surface area contributed by atoms with Crippen LogP contribution in [-0.4, -0.2) is 57.9 Å². The lowest BCUT2D eigenvalue weighted by Crippen LogP contribution is -2.49. The van der Waals surface area contributed by atoms with E-state index in [9.17, 15) is 4.79 Å². The van der Waals surface area contributed by atoms with Crippen molar-refractivity contribution in [1.29, 1.82) is 0 Å². The molecule has 2 amide bonds. The molecule has 1 heterocycles. The van der Waals surface area contributed by atoms with E-state index in [0.717, 1.165) is 38.9 Å². The van der Waals surface area contributed by atoms with Gasteiger partial charge < -0.3 is 29.7 Å². The Bertz CT molecular complexity index is 1010. The Morgan fingerprint density at radius 1 is 0.973 bits per heavy atom. The Balaban J connectivity index is 1.65. The lowest BCUT2D eigenvalue weighted by atomic mass is 9.93. The van der Waals surface area contributed by atoms with Crippen LogP contribution in [0.4, 0.5) is 10.5 Å². The molecule has 1 aliphatic rings. The third-order valence-corrected chi connectivity index (χ3v) is 7.68. The number of piperidine rings is 1. The highest BCUT2D eigenvalue weighted by Gasteiger charge is 2.24. The van der Waals surface area contributed by atoms with E-state index in [1.165, 1.54) is 24.8 Å². The Labute approximate surface area is 230 Å². The van der Waals surface area contributed by atoms with Gasteiger partial charge in [0.15, 0.2) is 11.5 Å². The van der Waals surface area contributed by atoms with Gasteiger partial charge in [-0.1, -0.05) is 42.6 Å². The highest BCUT2D eigenvalue weighted by molar-refractivity contribution is 6.42. The van der Waals surface area contributed by atoms with Gasteiger partial charge in [0.2, 0.25) is 5.75 Å². The molecule has 37 heavy (non-hydrogen) atoms. The topological polar surface area (TPSA) is 72.1 Å². The minimum Gasteiger partial charge on any atom is -0.493 e. The van der Waals surface area contributed by atoms with Crippen molar-refractivity contribution in [2.45, 2.75) is 51.5 Å². The maximum absolute atomic E-state index is 13.1. The quantitative estimate of drug-likeness (QED) is 0.308. The average Bonchev–Trinajstić information content (AvgIpc) is 2.90. The van der Waals surface area contributed by atoms with Crippen molar-refractivity contribution < 1.29 is 19.0 Å². The average molecular weight is 553 g/mol. The van der Waals surface area contributed by atoms with Crippen LogP contribution < -0.4 is 24.8 Å². The molecule has 0 spiro atoms. The summed E-state index contributed by atoms with van der Waals surface area (Å²) in [5.41, 5.74) is 1.73. The summed E-state index contributed by atoms with van der Waals surface area (Å²) in [6.07, 6.45) is 6.56. The van der Waals surface area contributed by atoms with Gasteiger partial charge in [-0.3, -0.25) is 0 Å².